The van der Waals surface area contributed by atoms with Crippen molar-refractivity contribution in [2.45, 2.75) is 25.3 Å². The Hall–Kier alpha value is -1.09. The fraction of sp³-hybridized carbons (Fsp3) is 0.250. The van der Waals surface area contributed by atoms with E-state index >= 15 is 0 Å². The maximum Gasteiger partial charge on any atom is 0.123 e. The van der Waals surface area contributed by atoms with E-state index < -0.39 is 5.54 Å². The SMILES string of the molecule is CCC(N)(Cc1cccc(Cl)c1Cl)c1cccc(F)c1. The van der Waals surface area contributed by atoms with Crippen LogP contribution in [0.5, 0.6) is 0 Å². The molecule has 1 unspecified atom stereocenters. The molecular formula is C16H16Cl2FN. The molecule has 0 amide bonds. The van der Waals surface area contributed by atoms with Gasteiger partial charge in [-0.3, -0.25) is 0 Å². The minimum absolute atomic E-state index is 0.289. The van der Waals surface area contributed by atoms with E-state index in [1.54, 1.807) is 12.1 Å². The lowest BCUT2D eigenvalue weighted by Crippen LogP contribution is -2.38. The maximum atomic E-state index is 13.4. The van der Waals surface area contributed by atoms with E-state index in [4.69, 9.17) is 28.9 Å². The molecule has 1 nitrogen and oxygen atoms in total. The topological polar surface area (TPSA) is 26.0 Å². The van der Waals surface area contributed by atoms with Crippen LogP contribution >= 0.6 is 23.2 Å². The second-order valence-corrected chi connectivity index (χ2v) is 5.69. The average molecular weight is 312 g/mol. The van der Waals surface area contributed by atoms with Gasteiger partial charge in [-0.15, -0.1) is 0 Å². The van der Waals surface area contributed by atoms with Crippen LogP contribution < -0.4 is 5.73 Å². The van der Waals surface area contributed by atoms with Crippen molar-refractivity contribution in [3.63, 3.8) is 0 Å². The molecule has 2 rings (SSSR count). The highest BCUT2D eigenvalue weighted by atomic mass is 35.5. The lowest BCUT2D eigenvalue weighted by atomic mass is 9.82. The van der Waals surface area contributed by atoms with Crippen molar-refractivity contribution in [2.24, 2.45) is 5.73 Å². The molecule has 4 heteroatoms. The van der Waals surface area contributed by atoms with Gasteiger partial charge in [0.15, 0.2) is 0 Å². The third-order valence-electron chi connectivity index (χ3n) is 3.57. The number of hydrogen-bond acceptors (Lipinski definition) is 1. The van der Waals surface area contributed by atoms with E-state index in [1.165, 1.54) is 12.1 Å². The zero-order chi connectivity index (χ0) is 14.8. The maximum absolute atomic E-state index is 13.4. The van der Waals surface area contributed by atoms with Crippen molar-refractivity contribution in [3.8, 4) is 0 Å². The van der Waals surface area contributed by atoms with E-state index in [9.17, 15) is 4.39 Å². The highest BCUT2D eigenvalue weighted by Crippen LogP contribution is 2.32. The summed E-state index contributed by atoms with van der Waals surface area (Å²) in [5.41, 5.74) is 7.43. The second kappa shape index (κ2) is 6.13. The van der Waals surface area contributed by atoms with Crippen molar-refractivity contribution >= 4 is 23.2 Å². The van der Waals surface area contributed by atoms with Crippen LogP contribution in [0.4, 0.5) is 4.39 Å². The van der Waals surface area contributed by atoms with Gasteiger partial charge in [0.1, 0.15) is 5.82 Å². The fourth-order valence-corrected chi connectivity index (χ4v) is 2.64. The minimum atomic E-state index is -0.670. The van der Waals surface area contributed by atoms with Crippen molar-refractivity contribution in [1.29, 1.82) is 0 Å². The molecule has 1 atom stereocenters. The minimum Gasteiger partial charge on any atom is -0.321 e. The first kappa shape index (κ1) is 15.3. The normalized spacial score (nSPS) is 14.1. The first-order valence-electron chi connectivity index (χ1n) is 6.44. The molecule has 0 aromatic heterocycles. The molecule has 0 heterocycles. The molecule has 0 spiro atoms. The highest BCUT2D eigenvalue weighted by molar-refractivity contribution is 6.42. The number of hydrogen-bond donors (Lipinski definition) is 1. The van der Waals surface area contributed by atoms with Crippen LogP contribution in [0.3, 0.4) is 0 Å². The van der Waals surface area contributed by atoms with Crippen LogP contribution in [0.1, 0.15) is 24.5 Å². The van der Waals surface area contributed by atoms with Gasteiger partial charge in [-0.1, -0.05) is 54.4 Å². The van der Waals surface area contributed by atoms with Gasteiger partial charge in [0, 0.05) is 5.54 Å². The largest absolute Gasteiger partial charge is 0.321 e. The number of nitrogens with two attached hydrogens (primary N) is 1. The van der Waals surface area contributed by atoms with Gasteiger partial charge in [-0.05, 0) is 42.2 Å². The Labute approximate surface area is 128 Å². The molecule has 106 valence electrons. The molecule has 0 saturated heterocycles. The molecule has 0 fully saturated rings. The number of benzene rings is 2. The van der Waals surface area contributed by atoms with Crippen molar-refractivity contribution in [3.05, 3.63) is 69.5 Å². The second-order valence-electron chi connectivity index (χ2n) is 4.91. The van der Waals surface area contributed by atoms with Crippen LogP contribution in [0.15, 0.2) is 42.5 Å². The van der Waals surface area contributed by atoms with Crippen LogP contribution in [0.25, 0.3) is 0 Å². The predicted molar refractivity (Wildman–Crippen MR) is 82.7 cm³/mol. The van der Waals surface area contributed by atoms with Crippen LogP contribution in [0.2, 0.25) is 10.0 Å². The molecule has 0 aliphatic rings. The molecule has 0 bridgehead atoms. The summed E-state index contributed by atoms with van der Waals surface area (Å²) in [7, 11) is 0. The Bertz CT molecular complexity index is 615. The third kappa shape index (κ3) is 3.14. The fourth-order valence-electron chi connectivity index (χ4n) is 2.25. The predicted octanol–water partition coefficient (Wildman–Crippen LogP) is 4.94. The number of halogens is 3. The molecule has 0 saturated carbocycles. The van der Waals surface area contributed by atoms with Gasteiger partial charge in [-0.2, -0.15) is 0 Å². The Morgan fingerprint density at radius 1 is 1.15 bits per heavy atom. The highest BCUT2D eigenvalue weighted by Gasteiger charge is 2.27. The monoisotopic (exact) mass is 311 g/mol. The zero-order valence-electron chi connectivity index (χ0n) is 11.2. The van der Waals surface area contributed by atoms with E-state index in [2.05, 4.69) is 0 Å². The van der Waals surface area contributed by atoms with Gasteiger partial charge in [0.2, 0.25) is 0 Å². The standard InChI is InChI=1S/C16H16Cl2FN/c1-2-16(20,12-6-4-7-13(19)9-12)10-11-5-3-8-14(17)15(11)18/h3-9H,2,10,20H2,1H3. The van der Waals surface area contributed by atoms with E-state index in [0.29, 0.717) is 22.9 Å². The lowest BCUT2D eigenvalue weighted by molar-refractivity contribution is 0.422. The van der Waals surface area contributed by atoms with Gasteiger partial charge < -0.3 is 5.73 Å². The first-order valence-corrected chi connectivity index (χ1v) is 7.19. The van der Waals surface area contributed by atoms with Gasteiger partial charge in [0.25, 0.3) is 0 Å². The van der Waals surface area contributed by atoms with Gasteiger partial charge in [0.05, 0.1) is 10.0 Å². The third-order valence-corrected chi connectivity index (χ3v) is 4.43. The molecule has 2 aromatic rings. The van der Waals surface area contributed by atoms with E-state index in [-0.39, 0.29) is 5.82 Å². The summed E-state index contributed by atoms with van der Waals surface area (Å²) in [4.78, 5) is 0. The lowest BCUT2D eigenvalue weighted by Gasteiger charge is -2.29. The molecule has 0 radical (unpaired) electrons. The Balaban J connectivity index is 2.39. The first-order chi connectivity index (χ1) is 9.46. The number of rotatable bonds is 4. The molecule has 2 aromatic carbocycles. The van der Waals surface area contributed by atoms with Gasteiger partial charge in [-0.25, -0.2) is 4.39 Å². The molecule has 2 N–H and O–H groups in total. The quantitative estimate of drug-likeness (QED) is 0.850. The summed E-state index contributed by atoms with van der Waals surface area (Å²) in [5.74, 6) is -0.289. The molecular weight excluding hydrogens is 296 g/mol. The summed E-state index contributed by atoms with van der Waals surface area (Å²) >= 11 is 12.2. The van der Waals surface area contributed by atoms with Gasteiger partial charge >= 0.3 is 0 Å². The molecule has 0 aliphatic carbocycles. The summed E-state index contributed by atoms with van der Waals surface area (Å²) in [6, 6.07) is 11.9. The summed E-state index contributed by atoms with van der Waals surface area (Å²) in [5, 5.41) is 1.01. The Morgan fingerprint density at radius 3 is 2.50 bits per heavy atom. The Morgan fingerprint density at radius 2 is 1.85 bits per heavy atom. The van der Waals surface area contributed by atoms with Crippen molar-refractivity contribution < 1.29 is 4.39 Å². The summed E-state index contributed by atoms with van der Waals surface area (Å²) in [6.45, 7) is 1.98. The average Bonchev–Trinajstić information content (AvgIpc) is 2.44. The van der Waals surface area contributed by atoms with Crippen LogP contribution in [-0.4, -0.2) is 0 Å². The smallest absolute Gasteiger partial charge is 0.123 e. The van der Waals surface area contributed by atoms with Crippen molar-refractivity contribution in [2.75, 3.05) is 0 Å². The van der Waals surface area contributed by atoms with Crippen LogP contribution in [0, 0.1) is 5.82 Å². The zero-order valence-corrected chi connectivity index (χ0v) is 12.7. The summed E-state index contributed by atoms with van der Waals surface area (Å²) in [6.07, 6.45) is 1.17. The van der Waals surface area contributed by atoms with E-state index in [1.807, 2.05) is 25.1 Å². The Kier molecular flexibility index (Phi) is 4.69. The van der Waals surface area contributed by atoms with E-state index in [0.717, 1.165) is 11.1 Å². The van der Waals surface area contributed by atoms with Crippen molar-refractivity contribution in [1.82, 2.24) is 0 Å². The van der Waals surface area contributed by atoms with Crippen LogP contribution in [-0.2, 0) is 12.0 Å². The summed E-state index contributed by atoms with van der Waals surface area (Å²) < 4.78 is 13.4. The molecule has 20 heavy (non-hydrogen) atoms. The molecule has 0 aliphatic heterocycles.